The highest BCUT2D eigenvalue weighted by atomic mass is 16.2. The first-order valence-corrected chi connectivity index (χ1v) is 5.39. The van der Waals surface area contributed by atoms with Gasteiger partial charge in [0.2, 0.25) is 11.8 Å². The summed E-state index contributed by atoms with van der Waals surface area (Å²) in [6.07, 6.45) is 1.72. The van der Waals surface area contributed by atoms with E-state index in [-0.39, 0.29) is 17.7 Å². The van der Waals surface area contributed by atoms with Gasteiger partial charge >= 0.3 is 0 Å². The third-order valence-corrected chi connectivity index (χ3v) is 2.91. The number of nitrogens with zero attached hydrogens (tertiary/aromatic N) is 2. The van der Waals surface area contributed by atoms with Crippen molar-refractivity contribution >= 4 is 11.8 Å². The number of carbonyl (C=O) groups is 2. The number of aromatic nitrogens is 2. The van der Waals surface area contributed by atoms with Crippen molar-refractivity contribution in [2.45, 2.75) is 26.2 Å². The van der Waals surface area contributed by atoms with E-state index >= 15 is 0 Å². The Kier molecular flexibility index (Phi) is 2.77. The molecule has 0 aliphatic carbocycles. The maximum absolute atomic E-state index is 11.6. The zero-order valence-corrected chi connectivity index (χ0v) is 9.49. The van der Waals surface area contributed by atoms with Crippen LogP contribution in [-0.4, -0.2) is 21.6 Å². The van der Waals surface area contributed by atoms with Crippen LogP contribution in [0.1, 0.15) is 24.2 Å². The lowest BCUT2D eigenvalue weighted by Crippen LogP contribution is -2.41. The number of aryl methyl sites for hydroxylation is 2. The summed E-state index contributed by atoms with van der Waals surface area (Å²) in [5.41, 5.74) is 1.98. The molecule has 2 rings (SSSR count). The highest BCUT2D eigenvalue weighted by Gasteiger charge is 2.27. The van der Waals surface area contributed by atoms with E-state index in [4.69, 9.17) is 0 Å². The molecule has 86 valence electrons. The molecule has 16 heavy (non-hydrogen) atoms. The van der Waals surface area contributed by atoms with Gasteiger partial charge in [0, 0.05) is 31.5 Å². The van der Waals surface area contributed by atoms with Gasteiger partial charge in [0.15, 0.2) is 0 Å². The molecule has 2 amide bonds. The molecule has 0 bridgehead atoms. The van der Waals surface area contributed by atoms with E-state index in [1.54, 1.807) is 4.68 Å². The smallest absolute Gasteiger partial charge is 0.230 e. The number of hydrogen-bond acceptors (Lipinski definition) is 3. The summed E-state index contributed by atoms with van der Waals surface area (Å²) in [4.78, 5) is 22.6. The fourth-order valence-electron chi connectivity index (χ4n) is 2.04. The van der Waals surface area contributed by atoms with E-state index in [0.29, 0.717) is 19.3 Å². The molecular formula is C11H15N3O2. The molecule has 1 saturated heterocycles. The van der Waals surface area contributed by atoms with E-state index in [1.807, 2.05) is 20.0 Å². The van der Waals surface area contributed by atoms with Crippen molar-refractivity contribution in [1.29, 1.82) is 0 Å². The molecule has 1 aliphatic heterocycles. The lowest BCUT2D eigenvalue weighted by atomic mass is 9.93. The van der Waals surface area contributed by atoms with Crippen molar-refractivity contribution in [3.05, 3.63) is 17.5 Å². The largest absolute Gasteiger partial charge is 0.296 e. The van der Waals surface area contributed by atoms with Gasteiger partial charge in [-0.15, -0.1) is 0 Å². The zero-order chi connectivity index (χ0) is 11.7. The Hall–Kier alpha value is -1.65. The maximum atomic E-state index is 11.6. The lowest BCUT2D eigenvalue weighted by molar-refractivity contribution is -0.136. The first-order chi connectivity index (χ1) is 7.56. The summed E-state index contributed by atoms with van der Waals surface area (Å²) in [6, 6.07) is 1.98. The van der Waals surface area contributed by atoms with Crippen LogP contribution in [-0.2, 0) is 23.1 Å². The van der Waals surface area contributed by atoms with Gasteiger partial charge in [0.1, 0.15) is 0 Å². The number of imide groups is 1. The van der Waals surface area contributed by atoms with Crippen LogP contribution in [0.3, 0.4) is 0 Å². The predicted octanol–water partition coefficient (Wildman–Crippen LogP) is 0.324. The standard InChI is InChI=1S/C11H15N3O2/c1-7-5-9(14(2)13-7)6-8-3-4-10(15)12-11(8)16/h5,8H,3-4,6H2,1-2H3,(H,12,15,16). The van der Waals surface area contributed by atoms with Crippen LogP contribution in [0.4, 0.5) is 0 Å². The molecule has 0 radical (unpaired) electrons. The summed E-state index contributed by atoms with van der Waals surface area (Å²) >= 11 is 0. The van der Waals surface area contributed by atoms with Crippen molar-refractivity contribution in [2.24, 2.45) is 13.0 Å². The van der Waals surface area contributed by atoms with Gasteiger partial charge in [-0.2, -0.15) is 5.10 Å². The number of piperidine rings is 1. The van der Waals surface area contributed by atoms with Gasteiger partial charge in [-0.1, -0.05) is 0 Å². The Bertz CT molecular complexity index is 436. The fraction of sp³-hybridized carbons (Fsp3) is 0.545. The highest BCUT2D eigenvalue weighted by molar-refractivity contribution is 5.98. The van der Waals surface area contributed by atoms with Crippen LogP contribution < -0.4 is 5.32 Å². The van der Waals surface area contributed by atoms with E-state index in [2.05, 4.69) is 10.4 Å². The number of rotatable bonds is 2. The summed E-state index contributed by atoms with van der Waals surface area (Å²) < 4.78 is 1.79. The molecule has 1 aromatic heterocycles. The molecule has 2 heterocycles. The first kappa shape index (κ1) is 10.9. The molecule has 1 fully saturated rings. The second-order valence-electron chi connectivity index (χ2n) is 4.25. The van der Waals surface area contributed by atoms with Gasteiger partial charge in [-0.3, -0.25) is 19.6 Å². The molecule has 1 atom stereocenters. The Labute approximate surface area is 93.8 Å². The third-order valence-electron chi connectivity index (χ3n) is 2.91. The summed E-state index contributed by atoms with van der Waals surface area (Å²) in [6.45, 7) is 1.92. The zero-order valence-electron chi connectivity index (χ0n) is 9.49. The maximum Gasteiger partial charge on any atom is 0.230 e. The van der Waals surface area contributed by atoms with Crippen molar-refractivity contribution in [2.75, 3.05) is 0 Å². The van der Waals surface area contributed by atoms with Gasteiger partial charge in [-0.05, 0) is 19.4 Å². The van der Waals surface area contributed by atoms with E-state index < -0.39 is 0 Å². The third kappa shape index (κ3) is 2.13. The number of carbonyl (C=O) groups excluding carboxylic acids is 2. The molecule has 0 saturated carbocycles. The summed E-state index contributed by atoms with van der Waals surface area (Å²) in [5, 5.41) is 6.60. The Morgan fingerprint density at radius 3 is 2.88 bits per heavy atom. The molecular weight excluding hydrogens is 206 g/mol. The minimum absolute atomic E-state index is 0.104. The Morgan fingerprint density at radius 1 is 1.56 bits per heavy atom. The van der Waals surface area contributed by atoms with Crippen molar-refractivity contribution < 1.29 is 9.59 Å². The minimum atomic E-state index is -0.164. The normalized spacial score (nSPS) is 21.0. The lowest BCUT2D eigenvalue weighted by Gasteiger charge is -2.20. The average molecular weight is 221 g/mol. The van der Waals surface area contributed by atoms with Gasteiger partial charge < -0.3 is 0 Å². The monoisotopic (exact) mass is 221 g/mol. The van der Waals surface area contributed by atoms with Crippen LogP contribution in [0, 0.1) is 12.8 Å². The number of nitrogens with one attached hydrogen (secondary N) is 1. The Balaban J connectivity index is 2.07. The molecule has 1 aliphatic rings. The molecule has 1 unspecified atom stereocenters. The molecule has 5 heteroatoms. The van der Waals surface area contributed by atoms with Crippen LogP contribution in [0.2, 0.25) is 0 Å². The predicted molar refractivity (Wildman–Crippen MR) is 57.5 cm³/mol. The molecule has 0 aromatic carbocycles. The summed E-state index contributed by atoms with van der Waals surface area (Å²) in [5.74, 6) is -0.426. The average Bonchev–Trinajstić information content (AvgIpc) is 2.50. The van der Waals surface area contributed by atoms with Crippen LogP contribution in [0.5, 0.6) is 0 Å². The molecule has 5 nitrogen and oxygen atoms in total. The fourth-order valence-corrected chi connectivity index (χ4v) is 2.04. The van der Waals surface area contributed by atoms with Crippen LogP contribution in [0.25, 0.3) is 0 Å². The molecule has 0 spiro atoms. The van der Waals surface area contributed by atoms with E-state index in [9.17, 15) is 9.59 Å². The SMILES string of the molecule is Cc1cc(CC2CCC(=O)NC2=O)n(C)n1. The minimum Gasteiger partial charge on any atom is -0.296 e. The first-order valence-electron chi connectivity index (χ1n) is 5.39. The van der Waals surface area contributed by atoms with Crippen molar-refractivity contribution in [1.82, 2.24) is 15.1 Å². The van der Waals surface area contributed by atoms with Gasteiger partial charge in [-0.25, -0.2) is 0 Å². The topological polar surface area (TPSA) is 64.0 Å². The molecule has 1 aromatic rings. The second-order valence-corrected chi connectivity index (χ2v) is 4.25. The highest BCUT2D eigenvalue weighted by Crippen LogP contribution is 2.18. The quantitative estimate of drug-likeness (QED) is 0.732. The van der Waals surface area contributed by atoms with Crippen molar-refractivity contribution in [3.63, 3.8) is 0 Å². The van der Waals surface area contributed by atoms with E-state index in [1.165, 1.54) is 0 Å². The number of amides is 2. The second kappa shape index (κ2) is 4.08. The molecule has 1 N–H and O–H groups in total. The van der Waals surface area contributed by atoms with Crippen LogP contribution in [0.15, 0.2) is 6.07 Å². The van der Waals surface area contributed by atoms with Gasteiger partial charge in [0.25, 0.3) is 0 Å². The van der Waals surface area contributed by atoms with E-state index in [0.717, 1.165) is 11.4 Å². The number of hydrogen-bond donors (Lipinski definition) is 1. The van der Waals surface area contributed by atoms with Crippen LogP contribution >= 0.6 is 0 Å². The van der Waals surface area contributed by atoms with Crippen molar-refractivity contribution in [3.8, 4) is 0 Å². The van der Waals surface area contributed by atoms with Gasteiger partial charge in [0.05, 0.1) is 5.69 Å². The Morgan fingerprint density at radius 2 is 2.31 bits per heavy atom. The summed E-state index contributed by atoms with van der Waals surface area (Å²) in [7, 11) is 1.87.